The summed E-state index contributed by atoms with van der Waals surface area (Å²) in [5.41, 5.74) is 1.20. The van der Waals surface area contributed by atoms with Crippen LogP contribution in [-0.2, 0) is 25.5 Å². The monoisotopic (exact) mass is 728 g/mol. The van der Waals surface area contributed by atoms with Crippen LogP contribution in [0.25, 0.3) is 0 Å². The summed E-state index contributed by atoms with van der Waals surface area (Å²) in [4.78, 5) is 42.6. The molecule has 0 aromatic heterocycles. The first kappa shape index (κ1) is 33.2. The van der Waals surface area contributed by atoms with Crippen molar-refractivity contribution in [2.75, 3.05) is 11.9 Å². The van der Waals surface area contributed by atoms with E-state index in [1.165, 1.54) is 0 Å². The number of hydrogen-bond donors (Lipinski definition) is 1. The maximum absolute atomic E-state index is 14.2. The first-order valence-electron chi connectivity index (χ1n) is 15.6. The van der Waals surface area contributed by atoms with Gasteiger partial charge in [-0.25, -0.2) is 0 Å². The molecule has 0 aliphatic carbocycles. The Bertz CT molecular complexity index is 1710. The number of ether oxygens (including phenoxy) is 1. The molecule has 1 saturated heterocycles. The van der Waals surface area contributed by atoms with E-state index < -0.39 is 28.3 Å². The SMILES string of the molecule is CC(C)(C)OC(=O)C1=C(CP(Br)(c2ccccc2)(c2ccccc2)c2ccccc2)CS[C@@H]2[C@H](NC(=O)Cc3ccccc3)C(=O)N12. The van der Waals surface area contributed by atoms with Crippen molar-refractivity contribution in [2.45, 2.75) is 44.2 Å². The molecule has 242 valence electrons. The topological polar surface area (TPSA) is 75.7 Å². The number of β-lactam (4-membered cyclic amide) rings is 1. The van der Waals surface area contributed by atoms with Crippen LogP contribution >= 0.6 is 32.6 Å². The molecule has 2 amide bonds. The van der Waals surface area contributed by atoms with Crippen molar-refractivity contribution in [3.8, 4) is 0 Å². The van der Waals surface area contributed by atoms with Crippen LogP contribution in [-0.4, -0.2) is 51.6 Å². The Morgan fingerprint density at radius 1 is 0.830 bits per heavy atom. The van der Waals surface area contributed by atoms with Gasteiger partial charge in [-0.1, -0.05) is 6.07 Å². The van der Waals surface area contributed by atoms with Crippen LogP contribution in [0.4, 0.5) is 0 Å². The van der Waals surface area contributed by atoms with Gasteiger partial charge < -0.3 is 0 Å². The van der Waals surface area contributed by atoms with Crippen LogP contribution < -0.4 is 21.2 Å². The predicted octanol–water partition coefficient (Wildman–Crippen LogP) is 6.06. The Morgan fingerprint density at radius 2 is 1.30 bits per heavy atom. The molecule has 2 atom stereocenters. The average Bonchev–Trinajstić information content (AvgIpc) is 3.08. The molecule has 0 unspecified atom stereocenters. The molecule has 2 aliphatic heterocycles. The van der Waals surface area contributed by atoms with Gasteiger partial charge in [0.1, 0.15) is 0 Å². The summed E-state index contributed by atoms with van der Waals surface area (Å²) in [6.07, 6.45) is 0.637. The second kappa shape index (κ2) is 13.1. The second-order valence-corrected chi connectivity index (χ2v) is 23.0. The Morgan fingerprint density at radius 3 is 1.77 bits per heavy atom. The molecule has 0 saturated carbocycles. The van der Waals surface area contributed by atoms with Gasteiger partial charge in [0.25, 0.3) is 0 Å². The van der Waals surface area contributed by atoms with Gasteiger partial charge in [0.15, 0.2) is 0 Å². The summed E-state index contributed by atoms with van der Waals surface area (Å²) in [6, 6.07) is 39.8. The van der Waals surface area contributed by atoms with Crippen molar-refractivity contribution in [2.24, 2.45) is 0 Å². The van der Waals surface area contributed by atoms with Crippen LogP contribution in [0.2, 0.25) is 0 Å². The number of nitrogens with zero attached hydrogens (tertiary/aromatic N) is 1. The van der Waals surface area contributed by atoms with Crippen LogP contribution in [0.1, 0.15) is 26.3 Å². The number of amides is 2. The normalized spacial score (nSPS) is 18.8. The molecule has 0 radical (unpaired) electrons. The maximum atomic E-state index is 14.2. The molecule has 0 spiro atoms. The molecule has 1 N–H and O–H groups in total. The van der Waals surface area contributed by atoms with Gasteiger partial charge in [0, 0.05) is 0 Å². The molecular formula is C38H38BrN2O4PS. The molecule has 1 fully saturated rings. The van der Waals surface area contributed by atoms with Crippen molar-refractivity contribution >= 4 is 66.3 Å². The van der Waals surface area contributed by atoms with Crippen molar-refractivity contribution in [3.05, 3.63) is 138 Å². The summed E-state index contributed by atoms with van der Waals surface area (Å²) >= 11 is 6.08. The summed E-state index contributed by atoms with van der Waals surface area (Å²) in [5.74, 6) is -0.585. The third-order valence-corrected chi connectivity index (χ3v) is 19.4. The Labute approximate surface area is 288 Å². The van der Waals surface area contributed by atoms with E-state index in [-0.39, 0.29) is 23.9 Å². The number of carbonyl (C=O) groups is 3. The Hall–Kier alpha value is -3.71. The molecule has 2 aliphatic rings. The molecule has 0 bridgehead atoms. The van der Waals surface area contributed by atoms with E-state index in [1.807, 2.05) is 106 Å². The van der Waals surface area contributed by atoms with Crippen molar-refractivity contribution < 1.29 is 19.1 Å². The van der Waals surface area contributed by atoms with Gasteiger partial charge in [0.2, 0.25) is 0 Å². The molecule has 2 heterocycles. The number of benzene rings is 4. The molecule has 6 nitrogen and oxygen atoms in total. The molecule has 47 heavy (non-hydrogen) atoms. The number of carbonyl (C=O) groups excluding carboxylic acids is 3. The second-order valence-electron chi connectivity index (χ2n) is 12.9. The van der Waals surface area contributed by atoms with Crippen molar-refractivity contribution in [3.63, 3.8) is 0 Å². The van der Waals surface area contributed by atoms with Gasteiger partial charge in [-0.05, 0) is 0 Å². The van der Waals surface area contributed by atoms with E-state index in [2.05, 4.69) is 57.2 Å². The van der Waals surface area contributed by atoms with E-state index in [9.17, 15) is 14.4 Å². The van der Waals surface area contributed by atoms with Crippen LogP contribution in [0, 0.1) is 0 Å². The number of halogens is 1. The average molecular weight is 730 g/mol. The molecule has 9 heteroatoms. The third-order valence-electron chi connectivity index (χ3n) is 8.53. The van der Waals surface area contributed by atoms with Crippen molar-refractivity contribution in [1.82, 2.24) is 10.2 Å². The minimum atomic E-state index is -3.50. The number of hydrogen-bond acceptors (Lipinski definition) is 5. The number of nitrogens with one attached hydrogen (secondary N) is 1. The Kier molecular flexibility index (Phi) is 9.23. The fourth-order valence-electron chi connectivity index (χ4n) is 6.42. The van der Waals surface area contributed by atoms with Gasteiger partial charge in [-0.15, -0.1) is 0 Å². The van der Waals surface area contributed by atoms with Gasteiger partial charge in [-0.2, -0.15) is 0 Å². The third kappa shape index (κ3) is 6.31. The zero-order valence-electron chi connectivity index (χ0n) is 26.6. The minimum absolute atomic E-state index is 0.172. The number of rotatable bonds is 9. The summed E-state index contributed by atoms with van der Waals surface area (Å²) < 4.78 is 5.98. The molecule has 4 aromatic carbocycles. The quantitative estimate of drug-likeness (QED) is 0.129. The standard InChI is InChI=1S/C38H38BrN2O4PS/c1-38(2,3)45-37(44)34-28(26-47-36-33(35(43)41(34)36)40-32(42)24-27-16-8-4-9-17-27)25-46(39,29-18-10-5-11-19-29,30-20-12-6-13-21-30)31-22-14-7-15-23-31/h4-23,33,36H,24-26H2,1-3H3,(H,40,42)/t33-,36-/m1/s1. The summed E-state index contributed by atoms with van der Waals surface area (Å²) in [7, 11) is 0. The number of esters is 1. The number of fused-ring (bicyclic) bond motifs is 1. The summed E-state index contributed by atoms with van der Waals surface area (Å²) in [5, 5.41) is 2.36. The zero-order chi connectivity index (χ0) is 33.3. The molecule has 4 aromatic rings. The predicted molar refractivity (Wildman–Crippen MR) is 197 cm³/mol. The number of thioether (sulfide) groups is 1. The fraction of sp³-hybridized carbons (Fsp3) is 0.237. The van der Waals surface area contributed by atoms with Crippen molar-refractivity contribution in [1.29, 1.82) is 0 Å². The molecular weight excluding hydrogens is 691 g/mol. The van der Waals surface area contributed by atoms with E-state index in [0.717, 1.165) is 27.1 Å². The fourth-order valence-corrected chi connectivity index (χ4v) is 15.8. The zero-order valence-corrected chi connectivity index (χ0v) is 29.9. The first-order chi connectivity index (χ1) is 22.5. The van der Waals surface area contributed by atoms with Crippen LogP contribution in [0.15, 0.2) is 133 Å². The van der Waals surface area contributed by atoms with E-state index >= 15 is 0 Å². The van der Waals surface area contributed by atoms with Gasteiger partial charge in [-0.3, -0.25) is 0 Å². The van der Waals surface area contributed by atoms with E-state index in [4.69, 9.17) is 4.74 Å². The summed E-state index contributed by atoms with van der Waals surface area (Å²) in [6.45, 7) is 5.48. The first-order valence-corrected chi connectivity index (χ1v) is 21.1. The Balaban J connectivity index is 1.46. The van der Waals surface area contributed by atoms with Gasteiger partial charge >= 0.3 is 284 Å². The van der Waals surface area contributed by atoms with Crippen LogP contribution in [0.5, 0.6) is 0 Å². The van der Waals surface area contributed by atoms with E-state index in [0.29, 0.717) is 11.9 Å². The van der Waals surface area contributed by atoms with E-state index in [1.54, 1.807) is 16.7 Å². The molecule has 6 rings (SSSR count). The van der Waals surface area contributed by atoms with Crippen LogP contribution in [0.3, 0.4) is 0 Å². The van der Waals surface area contributed by atoms with Gasteiger partial charge in [0.05, 0.1) is 0 Å².